The molecule has 4 rings (SSSR count). The third-order valence-corrected chi connectivity index (χ3v) is 5.79. The molecule has 8 heteroatoms. The topological polar surface area (TPSA) is 75.7 Å². The molecule has 0 aromatic heterocycles. The molecule has 1 N–H and O–H groups in total. The van der Waals surface area contributed by atoms with Crippen LogP contribution in [0.1, 0.15) is 21.5 Å². The summed E-state index contributed by atoms with van der Waals surface area (Å²) in [7, 11) is 0. The van der Waals surface area contributed by atoms with E-state index in [9.17, 15) is 14.4 Å². The predicted octanol–water partition coefficient (Wildman–Crippen LogP) is 5.72. The second-order valence-corrected chi connectivity index (χ2v) is 8.82. The second kappa shape index (κ2) is 9.21. The number of hydrogen-bond acceptors (Lipinski definition) is 5. The summed E-state index contributed by atoms with van der Waals surface area (Å²) >= 11 is 9.49. The fraction of sp³-hybridized carbons (Fsp3) is 0.0800. The van der Waals surface area contributed by atoms with Gasteiger partial charge in [0.15, 0.2) is 0 Å². The number of aryl methyl sites for hydroxylation is 2. The quantitative estimate of drug-likeness (QED) is 0.262. The SMILES string of the molecule is Cc1cc(C)cc(OC(=O)c2ccc(NC3=C(Cl)C(=O)N(c4ccc(Br)cc4)C3=O)cc2)c1. The van der Waals surface area contributed by atoms with E-state index in [1.54, 1.807) is 60.7 Å². The van der Waals surface area contributed by atoms with Crippen molar-refractivity contribution in [1.82, 2.24) is 0 Å². The summed E-state index contributed by atoms with van der Waals surface area (Å²) in [4.78, 5) is 38.9. The Balaban J connectivity index is 1.48. The van der Waals surface area contributed by atoms with Crippen LogP contribution in [-0.2, 0) is 9.59 Å². The van der Waals surface area contributed by atoms with Crippen molar-refractivity contribution in [3.63, 3.8) is 0 Å². The maximum absolute atomic E-state index is 12.9. The summed E-state index contributed by atoms with van der Waals surface area (Å²) in [5, 5.41) is 2.68. The molecule has 1 aliphatic heterocycles. The molecular weight excluding hydrogens is 508 g/mol. The van der Waals surface area contributed by atoms with Crippen molar-refractivity contribution in [2.75, 3.05) is 10.2 Å². The number of nitrogens with one attached hydrogen (secondary N) is 1. The Labute approximate surface area is 203 Å². The minimum atomic E-state index is -0.611. The zero-order valence-electron chi connectivity index (χ0n) is 17.7. The zero-order chi connectivity index (χ0) is 23.7. The standard InChI is InChI=1S/C25H18BrClN2O4/c1-14-11-15(2)13-20(12-14)33-25(32)16-3-7-18(8-4-16)28-22-21(27)23(30)29(24(22)31)19-9-5-17(26)6-10-19/h3-13,28H,1-2H3. The van der Waals surface area contributed by atoms with Crippen molar-refractivity contribution in [3.8, 4) is 5.75 Å². The molecule has 2 amide bonds. The summed E-state index contributed by atoms with van der Waals surface area (Å²) in [5.41, 5.74) is 3.20. The number of esters is 1. The summed E-state index contributed by atoms with van der Waals surface area (Å²) in [6.07, 6.45) is 0. The Bertz CT molecular complexity index is 1280. The number of halogens is 2. The molecule has 0 fully saturated rings. The second-order valence-electron chi connectivity index (χ2n) is 7.53. The van der Waals surface area contributed by atoms with Gasteiger partial charge in [0.05, 0.1) is 11.3 Å². The van der Waals surface area contributed by atoms with E-state index in [1.165, 1.54) is 0 Å². The summed E-state index contributed by atoms with van der Waals surface area (Å²) in [6, 6.07) is 18.6. The van der Waals surface area contributed by atoms with Gasteiger partial charge < -0.3 is 10.1 Å². The molecule has 0 spiro atoms. The average molecular weight is 526 g/mol. The monoisotopic (exact) mass is 524 g/mol. The molecule has 0 atom stereocenters. The van der Waals surface area contributed by atoms with E-state index < -0.39 is 17.8 Å². The van der Waals surface area contributed by atoms with Gasteiger partial charge in [0.1, 0.15) is 16.5 Å². The Kier molecular flexibility index (Phi) is 6.35. The van der Waals surface area contributed by atoms with Gasteiger partial charge >= 0.3 is 5.97 Å². The fourth-order valence-electron chi connectivity index (χ4n) is 3.43. The Hall–Kier alpha value is -3.42. The number of ether oxygens (including phenoxy) is 1. The van der Waals surface area contributed by atoms with Crippen molar-refractivity contribution in [2.45, 2.75) is 13.8 Å². The first-order valence-electron chi connectivity index (χ1n) is 9.94. The number of imide groups is 1. The van der Waals surface area contributed by atoms with E-state index in [-0.39, 0.29) is 10.7 Å². The highest BCUT2D eigenvalue weighted by atomic mass is 79.9. The number of carbonyl (C=O) groups excluding carboxylic acids is 3. The van der Waals surface area contributed by atoms with E-state index in [4.69, 9.17) is 16.3 Å². The van der Waals surface area contributed by atoms with E-state index in [1.807, 2.05) is 19.9 Å². The number of anilines is 2. The van der Waals surface area contributed by atoms with Crippen LogP contribution in [0.2, 0.25) is 0 Å². The van der Waals surface area contributed by atoms with Crippen LogP contribution in [0.3, 0.4) is 0 Å². The average Bonchev–Trinajstić information content (AvgIpc) is 2.97. The van der Waals surface area contributed by atoms with Crippen LogP contribution in [0.15, 0.2) is 81.9 Å². The van der Waals surface area contributed by atoms with Crippen molar-refractivity contribution in [2.24, 2.45) is 0 Å². The summed E-state index contributed by atoms with van der Waals surface area (Å²) in [6.45, 7) is 3.86. The molecule has 0 bridgehead atoms. The van der Waals surface area contributed by atoms with E-state index in [0.29, 0.717) is 22.7 Å². The van der Waals surface area contributed by atoms with Crippen LogP contribution in [0, 0.1) is 13.8 Å². The van der Waals surface area contributed by atoms with E-state index in [0.717, 1.165) is 20.5 Å². The van der Waals surface area contributed by atoms with Crippen molar-refractivity contribution < 1.29 is 19.1 Å². The number of hydrogen-bond donors (Lipinski definition) is 1. The molecule has 33 heavy (non-hydrogen) atoms. The molecule has 1 heterocycles. The van der Waals surface area contributed by atoms with Crippen molar-refractivity contribution in [1.29, 1.82) is 0 Å². The van der Waals surface area contributed by atoms with E-state index >= 15 is 0 Å². The molecule has 0 saturated heterocycles. The Morgan fingerprint density at radius 2 is 1.52 bits per heavy atom. The normalized spacial score (nSPS) is 13.5. The Morgan fingerprint density at radius 1 is 0.909 bits per heavy atom. The summed E-state index contributed by atoms with van der Waals surface area (Å²) in [5.74, 6) is -1.21. The minimum Gasteiger partial charge on any atom is -0.423 e. The van der Waals surface area contributed by atoms with Gasteiger partial charge in [0, 0.05) is 10.2 Å². The van der Waals surface area contributed by atoms with Crippen LogP contribution in [-0.4, -0.2) is 17.8 Å². The first kappa shape index (κ1) is 22.8. The largest absolute Gasteiger partial charge is 0.423 e. The Morgan fingerprint density at radius 3 is 2.12 bits per heavy atom. The van der Waals surface area contributed by atoms with Gasteiger partial charge in [-0.15, -0.1) is 0 Å². The highest BCUT2D eigenvalue weighted by Crippen LogP contribution is 2.31. The first-order valence-corrected chi connectivity index (χ1v) is 11.1. The van der Waals surface area contributed by atoms with Crippen LogP contribution < -0.4 is 15.0 Å². The lowest BCUT2D eigenvalue weighted by molar-refractivity contribution is -0.120. The number of benzene rings is 3. The number of carbonyl (C=O) groups is 3. The highest BCUT2D eigenvalue weighted by Gasteiger charge is 2.38. The van der Waals surface area contributed by atoms with Gasteiger partial charge in [-0.3, -0.25) is 9.59 Å². The molecule has 1 aliphatic rings. The van der Waals surface area contributed by atoms with Gasteiger partial charge in [-0.05, 0) is 85.6 Å². The van der Waals surface area contributed by atoms with E-state index in [2.05, 4.69) is 21.2 Å². The molecule has 0 aliphatic carbocycles. The maximum atomic E-state index is 12.9. The molecule has 0 unspecified atom stereocenters. The minimum absolute atomic E-state index is 0.0323. The lowest BCUT2D eigenvalue weighted by atomic mass is 10.1. The molecule has 166 valence electrons. The van der Waals surface area contributed by atoms with Gasteiger partial charge in [0.25, 0.3) is 11.8 Å². The zero-order valence-corrected chi connectivity index (χ0v) is 20.0. The molecule has 0 radical (unpaired) electrons. The molecule has 6 nitrogen and oxygen atoms in total. The smallest absolute Gasteiger partial charge is 0.343 e. The highest BCUT2D eigenvalue weighted by molar-refractivity contribution is 9.10. The van der Waals surface area contributed by atoms with Crippen LogP contribution in [0.5, 0.6) is 5.75 Å². The molecular formula is C25H18BrClN2O4. The lowest BCUT2D eigenvalue weighted by Crippen LogP contribution is -2.32. The van der Waals surface area contributed by atoms with Gasteiger partial charge in [-0.1, -0.05) is 33.6 Å². The van der Waals surface area contributed by atoms with Crippen molar-refractivity contribution in [3.05, 3.63) is 98.6 Å². The van der Waals surface area contributed by atoms with Gasteiger partial charge in [0.2, 0.25) is 0 Å². The number of rotatable bonds is 5. The maximum Gasteiger partial charge on any atom is 0.343 e. The lowest BCUT2D eigenvalue weighted by Gasteiger charge is -2.15. The third kappa shape index (κ3) is 4.84. The third-order valence-electron chi connectivity index (χ3n) is 4.91. The van der Waals surface area contributed by atoms with Gasteiger partial charge in [-0.25, -0.2) is 9.69 Å². The molecule has 3 aromatic rings. The van der Waals surface area contributed by atoms with Crippen molar-refractivity contribution >= 4 is 56.7 Å². The van der Waals surface area contributed by atoms with Gasteiger partial charge in [-0.2, -0.15) is 0 Å². The first-order chi connectivity index (χ1) is 15.7. The predicted molar refractivity (Wildman–Crippen MR) is 130 cm³/mol. The van der Waals surface area contributed by atoms with Crippen LogP contribution in [0.25, 0.3) is 0 Å². The van der Waals surface area contributed by atoms with Crippen LogP contribution >= 0.6 is 27.5 Å². The number of amides is 2. The summed E-state index contributed by atoms with van der Waals surface area (Å²) < 4.78 is 6.27. The van der Waals surface area contributed by atoms with Crippen LogP contribution in [0.4, 0.5) is 11.4 Å². The number of nitrogens with zero attached hydrogens (tertiary/aromatic N) is 1. The fourth-order valence-corrected chi connectivity index (χ4v) is 3.90. The molecule has 3 aromatic carbocycles. The molecule has 0 saturated carbocycles.